The van der Waals surface area contributed by atoms with E-state index >= 15 is 0 Å². The average Bonchev–Trinajstić information content (AvgIpc) is 3.34. The van der Waals surface area contributed by atoms with Gasteiger partial charge in [0.15, 0.2) is 0 Å². The van der Waals surface area contributed by atoms with Crippen molar-refractivity contribution in [1.82, 2.24) is 4.90 Å². The summed E-state index contributed by atoms with van der Waals surface area (Å²) in [6.45, 7) is 5.48. The van der Waals surface area contributed by atoms with E-state index in [1.807, 2.05) is 43.0 Å². The molecule has 6 heteroatoms. The Morgan fingerprint density at radius 3 is 2.23 bits per heavy atom. The van der Waals surface area contributed by atoms with Crippen molar-refractivity contribution in [2.24, 2.45) is 0 Å². The summed E-state index contributed by atoms with van der Waals surface area (Å²) in [6.07, 6.45) is 2.09. The van der Waals surface area contributed by atoms with Crippen LogP contribution in [0.1, 0.15) is 32.3 Å². The quantitative estimate of drug-likeness (QED) is 0.682. The normalized spacial score (nSPS) is 16.8. The van der Waals surface area contributed by atoms with Gasteiger partial charge in [0.25, 0.3) is 11.8 Å². The maximum absolute atomic E-state index is 13.5. The lowest BCUT2D eigenvalue weighted by molar-refractivity contribution is -0.120. The summed E-state index contributed by atoms with van der Waals surface area (Å²) in [5.74, 6) is 0.735. The third kappa shape index (κ3) is 3.65. The van der Waals surface area contributed by atoms with Crippen LogP contribution in [0.15, 0.2) is 54.2 Å². The van der Waals surface area contributed by atoms with Crippen LogP contribution in [-0.2, 0) is 9.59 Å². The molecule has 4 rings (SSSR count). The van der Waals surface area contributed by atoms with E-state index in [1.165, 1.54) is 4.90 Å². The van der Waals surface area contributed by atoms with E-state index in [1.54, 1.807) is 31.4 Å². The maximum atomic E-state index is 13.5. The van der Waals surface area contributed by atoms with Crippen LogP contribution in [0.3, 0.4) is 0 Å². The van der Waals surface area contributed by atoms with Crippen LogP contribution < -0.4 is 14.4 Å². The number of anilines is 1. The van der Waals surface area contributed by atoms with Gasteiger partial charge in [0.1, 0.15) is 17.2 Å². The molecule has 0 aromatic heterocycles. The zero-order chi connectivity index (χ0) is 21.3. The van der Waals surface area contributed by atoms with Crippen LogP contribution >= 0.6 is 0 Å². The van der Waals surface area contributed by atoms with Crippen molar-refractivity contribution in [2.45, 2.75) is 32.8 Å². The number of nitrogens with zero attached hydrogens (tertiary/aromatic N) is 2. The van der Waals surface area contributed by atoms with Crippen molar-refractivity contribution in [1.29, 1.82) is 0 Å². The van der Waals surface area contributed by atoms with Crippen LogP contribution in [0.2, 0.25) is 0 Å². The van der Waals surface area contributed by atoms with Gasteiger partial charge in [0.2, 0.25) is 0 Å². The second-order valence-corrected chi connectivity index (χ2v) is 7.76. The zero-order valence-electron chi connectivity index (χ0n) is 17.6. The predicted octanol–water partition coefficient (Wildman–Crippen LogP) is 3.86. The van der Waals surface area contributed by atoms with E-state index < -0.39 is 0 Å². The highest BCUT2D eigenvalue weighted by atomic mass is 16.5. The molecule has 0 aliphatic carbocycles. The Morgan fingerprint density at radius 2 is 1.60 bits per heavy atom. The molecule has 0 unspecified atom stereocenters. The molecule has 2 amide bonds. The van der Waals surface area contributed by atoms with Crippen molar-refractivity contribution >= 4 is 23.1 Å². The highest BCUT2D eigenvalue weighted by molar-refractivity contribution is 6.45. The molecule has 2 heterocycles. The van der Waals surface area contributed by atoms with Crippen LogP contribution in [0.25, 0.3) is 5.57 Å². The lowest BCUT2D eigenvalue weighted by atomic mass is 10.0. The molecule has 0 radical (unpaired) electrons. The lowest BCUT2D eigenvalue weighted by Crippen LogP contribution is -2.34. The molecule has 0 bridgehead atoms. The van der Waals surface area contributed by atoms with Gasteiger partial charge in [-0.15, -0.1) is 0 Å². The molecule has 2 aromatic carbocycles. The van der Waals surface area contributed by atoms with Crippen LogP contribution in [0.5, 0.6) is 11.5 Å². The first-order valence-corrected chi connectivity index (χ1v) is 10.3. The maximum Gasteiger partial charge on any atom is 0.282 e. The van der Waals surface area contributed by atoms with E-state index in [4.69, 9.17) is 9.47 Å². The van der Waals surface area contributed by atoms with Gasteiger partial charge in [0, 0.05) is 19.2 Å². The summed E-state index contributed by atoms with van der Waals surface area (Å²) < 4.78 is 11.0. The molecule has 6 nitrogen and oxygen atoms in total. The molecule has 1 fully saturated rings. The number of rotatable bonds is 6. The number of carbonyl (C=O) groups is 2. The van der Waals surface area contributed by atoms with Crippen molar-refractivity contribution < 1.29 is 19.1 Å². The first-order valence-electron chi connectivity index (χ1n) is 10.3. The van der Waals surface area contributed by atoms with Gasteiger partial charge in [-0.05, 0) is 56.5 Å². The monoisotopic (exact) mass is 406 g/mol. The number of carbonyl (C=O) groups excluding carboxylic acids is 2. The first-order chi connectivity index (χ1) is 14.5. The van der Waals surface area contributed by atoms with Gasteiger partial charge in [-0.1, -0.05) is 18.2 Å². The highest BCUT2D eigenvalue weighted by Crippen LogP contribution is 2.37. The summed E-state index contributed by atoms with van der Waals surface area (Å²) in [6, 6.07) is 14.4. The summed E-state index contributed by atoms with van der Waals surface area (Å²) >= 11 is 0. The molecular weight excluding hydrogens is 380 g/mol. The van der Waals surface area contributed by atoms with Crippen LogP contribution in [0.4, 0.5) is 5.69 Å². The number of ether oxygens (including phenoxy) is 2. The minimum absolute atomic E-state index is 0.0634. The Labute approximate surface area is 176 Å². The van der Waals surface area contributed by atoms with Gasteiger partial charge in [-0.25, -0.2) is 4.90 Å². The minimum Gasteiger partial charge on any atom is -0.497 e. The Bertz CT molecular complexity index is 989. The van der Waals surface area contributed by atoms with E-state index in [0.29, 0.717) is 22.7 Å². The minimum atomic E-state index is -0.312. The molecule has 2 aromatic rings. The molecule has 30 heavy (non-hydrogen) atoms. The number of likely N-dealkylation sites (tertiary alicyclic amines) is 1. The largest absolute Gasteiger partial charge is 0.497 e. The number of hydrogen-bond acceptors (Lipinski definition) is 5. The summed E-state index contributed by atoms with van der Waals surface area (Å²) in [7, 11) is 1.56. The fourth-order valence-electron chi connectivity index (χ4n) is 3.97. The fourth-order valence-corrected chi connectivity index (χ4v) is 3.97. The molecule has 2 aliphatic heterocycles. The van der Waals surface area contributed by atoms with Crippen molar-refractivity contribution in [3.05, 3.63) is 59.8 Å². The molecule has 2 aliphatic rings. The fraction of sp³-hybridized carbons (Fsp3) is 0.333. The summed E-state index contributed by atoms with van der Waals surface area (Å²) in [5, 5.41) is 0. The van der Waals surface area contributed by atoms with E-state index in [2.05, 4.69) is 0 Å². The summed E-state index contributed by atoms with van der Waals surface area (Å²) in [4.78, 5) is 30.2. The van der Waals surface area contributed by atoms with Gasteiger partial charge in [-0.3, -0.25) is 9.59 Å². The number of amides is 2. The molecule has 156 valence electrons. The lowest BCUT2D eigenvalue weighted by Gasteiger charge is -2.20. The number of methoxy groups -OCH3 is 1. The standard InChI is InChI=1S/C24H26N2O4/c1-16(2)30-19-11-9-17(10-12-19)21-22(25-13-4-5-14-25)24(28)26(23(21)27)18-7-6-8-20(15-18)29-3/h6-12,15-16H,4-5,13-14H2,1-3H3. The topological polar surface area (TPSA) is 59.1 Å². The van der Waals surface area contributed by atoms with Gasteiger partial charge in [-0.2, -0.15) is 0 Å². The van der Waals surface area contributed by atoms with Crippen molar-refractivity contribution in [2.75, 3.05) is 25.1 Å². The van der Waals surface area contributed by atoms with Crippen molar-refractivity contribution in [3.8, 4) is 11.5 Å². The number of hydrogen-bond donors (Lipinski definition) is 0. The third-order valence-corrected chi connectivity index (χ3v) is 5.31. The molecule has 0 spiro atoms. The Kier molecular flexibility index (Phi) is 5.48. The molecule has 1 saturated heterocycles. The second-order valence-electron chi connectivity index (χ2n) is 7.76. The van der Waals surface area contributed by atoms with Gasteiger partial charge < -0.3 is 14.4 Å². The van der Waals surface area contributed by atoms with E-state index in [0.717, 1.165) is 37.2 Å². The van der Waals surface area contributed by atoms with Gasteiger partial charge in [0.05, 0.1) is 24.5 Å². The molecule has 0 N–H and O–H groups in total. The number of imide groups is 1. The Balaban J connectivity index is 1.76. The average molecular weight is 406 g/mol. The zero-order valence-corrected chi connectivity index (χ0v) is 17.6. The Hall–Kier alpha value is -3.28. The molecular formula is C24H26N2O4. The SMILES string of the molecule is COc1cccc(N2C(=O)C(c3ccc(OC(C)C)cc3)=C(N3CCCC3)C2=O)c1. The molecule has 0 saturated carbocycles. The van der Waals surface area contributed by atoms with E-state index in [-0.39, 0.29) is 17.9 Å². The number of benzene rings is 2. The highest BCUT2D eigenvalue weighted by Gasteiger charge is 2.43. The third-order valence-electron chi connectivity index (χ3n) is 5.31. The second kappa shape index (κ2) is 8.22. The van der Waals surface area contributed by atoms with Gasteiger partial charge >= 0.3 is 0 Å². The smallest absolute Gasteiger partial charge is 0.282 e. The predicted molar refractivity (Wildman–Crippen MR) is 115 cm³/mol. The van der Waals surface area contributed by atoms with E-state index in [9.17, 15) is 9.59 Å². The molecule has 0 atom stereocenters. The first kappa shape index (κ1) is 20.0. The Morgan fingerprint density at radius 1 is 0.900 bits per heavy atom. The van der Waals surface area contributed by atoms with Crippen molar-refractivity contribution in [3.63, 3.8) is 0 Å². The summed E-state index contributed by atoms with van der Waals surface area (Å²) in [5.41, 5.74) is 2.16. The van der Waals surface area contributed by atoms with Crippen LogP contribution in [0, 0.1) is 0 Å². The van der Waals surface area contributed by atoms with Crippen LogP contribution in [-0.4, -0.2) is 43.0 Å².